The Morgan fingerprint density at radius 2 is 1.78 bits per heavy atom. The van der Waals surface area contributed by atoms with Crippen molar-refractivity contribution in [3.05, 3.63) is 117 Å². The summed E-state index contributed by atoms with van der Waals surface area (Å²) < 4.78 is 37.2. The average Bonchev–Trinajstić information content (AvgIpc) is 3.92. The number of rotatable bonds is 12. The molecule has 3 aromatic carbocycles. The van der Waals surface area contributed by atoms with Crippen molar-refractivity contribution in [2.75, 3.05) is 44.2 Å². The fourth-order valence-corrected chi connectivity index (χ4v) is 10.4. The van der Waals surface area contributed by atoms with Gasteiger partial charge >= 0.3 is 5.69 Å². The molecule has 17 heteroatoms. The number of piperazine rings is 1. The number of carbonyl (C=O) groups excluding carboxylic acids is 1. The zero-order valence-electron chi connectivity index (χ0n) is 35.8. The molecule has 15 nitrogen and oxygen atoms in total. The molecule has 2 fully saturated rings. The highest BCUT2D eigenvalue weighted by Gasteiger charge is 2.31. The number of fused-ring (bicyclic) bond motifs is 2. The fraction of sp³-hybridized carbons (Fsp3) is 0.383. The van der Waals surface area contributed by atoms with E-state index in [9.17, 15) is 28.4 Å². The minimum Gasteiger partial charge on any atom is -0.487 e. The second-order valence-corrected chi connectivity index (χ2v) is 20.2. The first kappa shape index (κ1) is 43.4. The molecule has 6 aromatic rings. The molecule has 3 N–H and O–H groups in total. The standard InChI is InChI=1S/C47H51ClN8O7S/c1-47(2)17-15-33(39(26-47)31-5-7-34(48)8-6-31)28-53-19-21-54(22-20-53)35-9-13-38(41(24-35)55-42-23-32-16-18-49-45(32)51-40(42)27-50-55)46(58)52-64(61,62)37-12-14-44(43(25-37)56(59)60)63-29-30-3-10-36(57)11-4-30/h5-9,12-14,16,18,23-25,27,30,36,57H,3-4,10-11,15,17,19-22,26,28-29H2,1-2H3,(H,49,51)(H,52,58)/t30-,36+. The molecule has 0 unspecified atom stereocenters. The molecule has 4 heterocycles. The number of hydrogen-bond donors (Lipinski definition) is 3. The number of anilines is 1. The molecule has 0 radical (unpaired) electrons. The van der Waals surface area contributed by atoms with Gasteiger partial charge < -0.3 is 19.7 Å². The number of nitro groups is 1. The number of ether oxygens (including phenoxy) is 1. The topological polar surface area (TPSA) is 189 Å². The van der Waals surface area contributed by atoms with Crippen LogP contribution < -0.4 is 14.4 Å². The van der Waals surface area contributed by atoms with Crippen LogP contribution in [0.2, 0.25) is 5.02 Å². The Bertz CT molecular complexity index is 2880. The third kappa shape index (κ3) is 9.23. The quantitative estimate of drug-likeness (QED) is 0.0792. The second-order valence-electron chi connectivity index (χ2n) is 18.1. The lowest BCUT2D eigenvalue weighted by molar-refractivity contribution is -0.386. The smallest absolute Gasteiger partial charge is 0.312 e. The Kier molecular flexibility index (Phi) is 12.0. The summed E-state index contributed by atoms with van der Waals surface area (Å²) >= 11 is 6.25. The molecule has 0 spiro atoms. The van der Waals surface area contributed by atoms with Crippen molar-refractivity contribution in [1.29, 1.82) is 0 Å². The summed E-state index contributed by atoms with van der Waals surface area (Å²) in [5, 5.41) is 28.2. The van der Waals surface area contributed by atoms with Crippen molar-refractivity contribution in [3.8, 4) is 11.4 Å². The molecule has 334 valence electrons. The number of nitrogens with one attached hydrogen (secondary N) is 2. The molecule has 1 saturated carbocycles. The van der Waals surface area contributed by atoms with Gasteiger partial charge in [0.2, 0.25) is 0 Å². The van der Waals surface area contributed by atoms with Gasteiger partial charge in [-0.15, -0.1) is 0 Å². The maximum atomic E-state index is 14.2. The first-order chi connectivity index (χ1) is 30.7. The zero-order chi connectivity index (χ0) is 44.8. The lowest BCUT2D eigenvalue weighted by Gasteiger charge is -2.39. The Balaban J connectivity index is 0.970. The number of carbonyl (C=O) groups is 1. The van der Waals surface area contributed by atoms with Crippen LogP contribution in [-0.2, 0) is 10.0 Å². The number of nitrogens with zero attached hydrogens (tertiary/aromatic N) is 6. The van der Waals surface area contributed by atoms with Crippen LogP contribution >= 0.6 is 11.6 Å². The van der Waals surface area contributed by atoms with Gasteiger partial charge in [0.25, 0.3) is 15.9 Å². The van der Waals surface area contributed by atoms with Gasteiger partial charge in [0.1, 0.15) is 11.2 Å². The number of nitro benzene ring substituents is 1. The fourth-order valence-electron chi connectivity index (χ4n) is 9.28. The summed E-state index contributed by atoms with van der Waals surface area (Å²) in [6.45, 7) is 8.82. The van der Waals surface area contributed by atoms with Crippen LogP contribution in [0.1, 0.15) is 74.7 Å². The summed E-state index contributed by atoms with van der Waals surface area (Å²) in [5.41, 5.74) is 6.85. The number of allylic oxidation sites excluding steroid dienone is 1. The average molecular weight is 907 g/mol. The maximum absolute atomic E-state index is 14.2. The van der Waals surface area contributed by atoms with E-state index in [4.69, 9.17) is 21.3 Å². The second kappa shape index (κ2) is 17.6. The van der Waals surface area contributed by atoms with Crippen LogP contribution in [0.15, 0.2) is 95.7 Å². The Labute approximate surface area is 376 Å². The van der Waals surface area contributed by atoms with E-state index in [1.54, 1.807) is 23.1 Å². The highest BCUT2D eigenvalue weighted by molar-refractivity contribution is 7.90. The minimum atomic E-state index is -4.61. The third-order valence-corrected chi connectivity index (χ3v) is 14.6. The SMILES string of the molecule is CC1(C)CCC(CN2CCN(c3ccc(C(=O)NS(=O)(=O)c4ccc(OC[C@H]5CC[C@@H](O)CC5)c([N+](=O)[O-])c4)c(-n4ncc5nc6[nH]ccc6cc54)c3)CC2)=C(c2ccc(Cl)cc2)C1. The minimum absolute atomic E-state index is 0.0269. The maximum Gasteiger partial charge on any atom is 0.312 e. The van der Waals surface area contributed by atoms with E-state index in [0.717, 1.165) is 87.0 Å². The van der Waals surface area contributed by atoms with Crippen molar-refractivity contribution >= 4 is 66.5 Å². The molecule has 2 aliphatic carbocycles. The molecule has 3 aromatic heterocycles. The highest BCUT2D eigenvalue weighted by Crippen LogP contribution is 2.43. The molecule has 1 amide bonds. The summed E-state index contributed by atoms with van der Waals surface area (Å²) in [7, 11) is -4.61. The normalized spacial score (nSPS) is 19.6. The van der Waals surface area contributed by atoms with Crippen LogP contribution in [0.5, 0.6) is 5.75 Å². The molecule has 3 aliphatic rings. The molecule has 64 heavy (non-hydrogen) atoms. The van der Waals surface area contributed by atoms with E-state index in [1.807, 2.05) is 36.4 Å². The van der Waals surface area contributed by atoms with Gasteiger partial charge in [-0.3, -0.25) is 19.8 Å². The van der Waals surface area contributed by atoms with E-state index in [0.29, 0.717) is 35.2 Å². The van der Waals surface area contributed by atoms with Gasteiger partial charge in [0.15, 0.2) is 5.75 Å². The Morgan fingerprint density at radius 1 is 1.02 bits per heavy atom. The molecule has 0 atom stereocenters. The van der Waals surface area contributed by atoms with Crippen LogP contribution in [0.3, 0.4) is 0 Å². The number of H-pyrrole nitrogens is 1. The molecule has 1 saturated heterocycles. The van der Waals surface area contributed by atoms with Crippen molar-refractivity contribution in [2.24, 2.45) is 11.3 Å². The molecule has 0 bridgehead atoms. The van der Waals surface area contributed by atoms with Crippen molar-refractivity contribution in [1.82, 2.24) is 29.4 Å². The Hall–Kier alpha value is -5.81. The van der Waals surface area contributed by atoms with Gasteiger partial charge in [-0.05, 0) is 122 Å². The number of halogens is 1. The number of aromatic amines is 1. The number of pyridine rings is 1. The van der Waals surface area contributed by atoms with E-state index in [2.05, 4.69) is 50.6 Å². The largest absolute Gasteiger partial charge is 0.487 e. The number of aliphatic hydroxyl groups excluding tert-OH is 1. The number of hydrogen-bond acceptors (Lipinski definition) is 11. The van der Waals surface area contributed by atoms with Crippen LogP contribution in [0, 0.1) is 21.4 Å². The van der Waals surface area contributed by atoms with Crippen molar-refractivity contribution in [3.63, 3.8) is 0 Å². The van der Waals surface area contributed by atoms with E-state index >= 15 is 0 Å². The number of aliphatic hydroxyl groups is 1. The predicted molar refractivity (Wildman–Crippen MR) is 247 cm³/mol. The predicted octanol–water partition coefficient (Wildman–Crippen LogP) is 8.30. The number of sulfonamides is 1. The van der Waals surface area contributed by atoms with Gasteiger partial charge in [-0.2, -0.15) is 5.10 Å². The van der Waals surface area contributed by atoms with E-state index in [-0.39, 0.29) is 35.4 Å². The van der Waals surface area contributed by atoms with Crippen LogP contribution in [0.25, 0.3) is 33.3 Å². The van der Waals surface area contributed by atoms with Gasteiger partial charge in [0.05, 0.1) is 45.5 Å². The van der Waals surface area contributed by atoms with Crippen LogP contribution in [-0.4, -0.2) is 94.4 Å². The van der Waals surface area contributed by atoms with E-state index in [1.165, 1.54) is 28.8 Å². The lowest BCUT2D eigenvalue weighted by Crippen LogP contribution is -2.47. The first-order valence-electron chi connectivity index (χ1n) is 21.8. The first-order valence-corrected chi connectivity index (χ1v) is 23.6. The van der Waals surface area contributed by atoms with Gasteiger partial charge in [-0.25, -0.2) is 22.8 Å². The highest BCUT2D eigenvalue weighted by atomic mass is 35.5. The zero-order valence-corrected chi connectivity index (χ0v) is 37.4. The molecular weight excluding hydrogens is 856 g/mol. The van der Waals surface area contributed by atoms with Crippen molar-refractivity contribution in [2.45, 2.75) is 69.8 Å². The monoisotopic (exact) mass is 906 g/mol. The Morgan fingerprint density at radius 3 is 2.53 bits per heavy atom. The van der Waals surface area contributed by atoms with Crippen LogP contribution in [0.4, 0.5) is 11.4 Å². The summed E-state index contributed by atoms with van der Waals surface area (Å²) in [4.78, 5) is 37.7. The van der Waals surface area contributed by atoms with Gasteiger partial charge in [0, 0.05) is 61.1 Å². The van der Waals surface area contributed by atoms with Gasteiger partial charge in [-0.1, -0.05) is 43.2 Å². The summed E-state index contributed by atoms with van der Waals surface area (Å²) in [6, 6.07) is 20.5. The molecular formula is C47H51ClN8O7S. The summed E-state index contributed by atoms with van der Waals surface area (Å²) in [6.07, 6.45) is 8.91. The number of aromatic nitrogens is 4. The summed E-state index contributed by atoms with van der Waals surface area (Å²) in [5.74, 6) is -0.901. The molecule has 9 rings (SSSR count). The van der Waals surface area contributed by atoms with Crippen molar-refractivity contribution < 1.29 is 28.0 Å². The number of amides is 1. The van der Waals surface area contributed by atoms with E-state index < -0.39 is 31.4 Å². The molecule has 1 aliphatic heterocycles. The lowest BCUT2D eigenvalue weighted by atomic mass is 9.72. The third-order valence-electron chi connectivity index (χ3n) is 13.0. The number of benzene rings is 3.